The molecule has 7 heteroatoms. The van der Waals surface area contributed by atoms with Gasteiger partial charge in [0.1, 0.15) is 11.4 Å². The minimum atomic E-state index is -1.14. The van der Waals surface area contributed by atoms with E-state index in [1.54, 1.807) is 39.0 Å². The van der Waals surface area contributed by atoms with Crippen molar-refractivity contribution in [3.63, 3.8) is 0 Å². The number of cyclic esters (lactones) is 1. The standard InChI is InChI=1S/C27H38Br2O5/c1-16-6-9-21(28)26(4)12-10-22(29)27(5,33)13-11-23(31)25(2,3)34-24(32)17-7-8-20(30)18(14-17)15-19(16)26/h7-8,14,19,21-23,30-31,33H,1,6,9-13,15H2,2-5H3/t19-,21+,22-,23?,26+,27+/m1/s1. The van der Waals surface area contributed by atoms with E-state index in [1.165, 1.54) is 0 Å². The van der Waals surface area contributed by atoms with E-state index in [9.17, 15) is 20.1 Å². The molecule has 0 saturated heterocycles. The topological polar surface area (TPSA) is 87.0 Å². The van der Waals surface area contributed by atoms with Crippen LogP contribution in [0.4, 0.5) is 0 Å². The van der Waals surface area contributed by atoms with Gasteiger partial charge >= 0.3 is 5.97 Å². The molecular weight excluding hydrogens is 564 g/mol. The lowest BCUT2D eigenvalue weighted by Crippen LogP contribution is -2.45. The highest BCUT2D eigenvalue weighted by molar-refractivity contribution is 9.09. The maximum Gasteiger partial charge on any atom is 0.338 e. The first kappa shape index (κ1) is 27.7. The van der Waals surface area contributed by atoms with E-state index in [-0.39, 0.29) is 33.2 Å². The van der Waals surface area contributed by atoms with Gasteiger partial charge < -0.3 is 20.1 Å². The lowest BCUT2D eigenvalue weighted by Gasteiger charge is -2.48. The zero-order valence-corrected chi connectivity index (χ0v) is 23.8. The van der Waals surface area contributed by atoms with Gasteiger partial charge in [-0.25, -0.2) is 4.79 Å². The Kier molecular flexibility index (Phi) is 8.33. The van der Waals surface area contributed by atoms with Gasteiger partial charge in [0.05, 0.1) is 17.3 Å². The Labute approximate surface area is 220 Å². The first-order valence-electron chi connectivity index (χ1n) is 12.1. The summed E-state index contributed by atoms with van der Waals surface area (Å²) in [4.78, 5) is 13.1. The summed E-state index contributed by atoms with van der Waals surface area (Å²) < 4.78 is 5.70. The predicted octanol–water partition coefficient (Wildman–Crippen LogP) is 6.06. The molecule has 3 rings (SSSR count). The molecule has 1 aromatic carbocycles. The molecule has 34 heavy (non-hydrogen) atoms. The molecule has 1 heterocycles. The summed E-state index contributed by atoms with van der Waals surface area (Å²) >= 11 is 7.66. The highest BCUT2D eigenvalue weighted by atomic mass is 79.9. The van der Waals surface area contributed by atoms with Crippen LogP contribution in [0.1, 0.15) is 82.1 Å². The predicted molar refractivity (Wildman–Crippen MR) is 142 cm³/mol. The molecule has 0 aromatic heterocycles. The number of rotatable bonds is 0. The van der Waals surface area contributed by atoms with Gasteiger partial charge in [-0.1, -0.05) is 50.9 Å². The normalized spacial score (nSPS) is 37.5. The molecule has 1 aliphatic carbocycles. The number of aliphatic hydroxyl groups excluding tert-OH is 1. The Hall–Kier alpha value is -0.890. The Morgan fingerprint density at radius 3 is 2.41 bits per heavy atom. The summed E-state index contributed by atoms with van der Waals surface area (Å²) in [5, 5.41) is 32.7. The van der Waals surface area contributed by atoms with Crippen LogP contribution in [-0.4, -0.2) is 48.2 Å². The van der Waals surface area contributed by atoms with E-state index in [0.717, 1.165) is 31.3 Å². The molecule has 1 aromatic rings. The quantitative estimate of drug-likeness (QED) is 0.191. The van der Waals surface area contributed by atoms with Crippen molar-refractivity contribution in [1.29, 1.82) is 0 Å². The average molecular weight is 602 g/mol. The minimum absolute atomic E-state index is 0.0959. The highest BCUT2D eigenvalue weighted by Gasteiger charge is 2.46. The van der Waals surface area contributed by atoms with Gasteiger partial charge in [-0.15, -0.1) is 0 Å². The third-order valence-electron chi connectivity index (χ3n) is 8.16. The van der Waals surface area contributed by atoms with E-state index in [1.807, 2.05) is 0 Å². The van der Waals surface area contributed by atoms with Crippen molar-refractivity contribution in [2.75, 3.05) is 0 Å². The van der Waals surface area contributed by atoms with E-state index >= 15 is 0 Å². The van der Waals surface area contributed by atoms with Crippen molar-refractivity contribution < 1.29 is 24.9 Å². The van der Waals surface area contributed by atoms with Crippen LogP contribution >= 0.6 is 31.9 Å². The second-order valence-corrected chi connectivity index (χ2v) is 13.4. The summed E-state index contributed by atoms with van der Waals surface area (Å²) in [5.41, 5.74) is -0.163. The number of hydrogen-bond donors (Lipinski definition) is 3. The average Bonchev–Trinajstić information content (AvgIpc) is 2.76. The van der Waals surface area contributed by atoms with Gasteiger partial charge in [0.2, 0.25) is 0 Å². The SMILES string of the molecule is C=C1CC[C@H](Br)[C@@]2(C)CC[C@@H](Br)[C@@](C)(O)CCC(O)C(C)(C)OC(=O)c3ccc(O)c(c3)C[C@H]12. The van der Waals surface area contributed by atoms with Crippen LogP contribution in [0.25, 0.3) is 0 Å². The number of phenolic OH excluding ortho intramolecular Hbond substituents is 1. The van der Waals surface area contributed by atoms with Crippen LogP contribution in [-0.2, 0) is 11.2 Å². The molecular formula is C27H38Br2O5. The molecule has 5 nitrogen and oxygen atoms in total. The number of allylic oxidation sites excluding steroid dienone is 1. The van der Waals surface area contributed by atoms with Gasteiger partial charge in [0.25, 0.3) is 0 Å². The maximum atomic E-state index is 13.0. The van der Waals surface area contributed by atoms with Crippen LogP contribution in [0.2, 0.25) is 0 Å². The maximum absolute atomic E-state index is 13.0. The number of ether oxygens (including phenoxy) is 1. The van der Waals surface area contributed by atoms with Crippen molar-refractivity contribution in [3.8, 4) is 5.75 Å². The third kappa shape index (κ3) is 5.74. The largest absolute Gasteiger partial charge is 0.508 e. The number of phenols is 1. The molecule has 2 aliphatic rings. The molecule has 1 saturated carbocycles. The lowest BCUT2D eigenvalue weighted by atomic mass is 9.61. The fraction of sp³-hybridized carbons (Fsp3) is 0.667. The molecule has 1 aliphatic heterocycles. The minimum Gasteiger partial charge on any atom is -0.508 e. The lowest BCUT2D eigenvalue weighted by molar-refractivity contribution is -0.0790. The fourth-order valence-corrected chi connectivity index (χ4v) is 6.59. The van der Waals surface area contributed by atoms with Crippen LogP contribution in [0.3, 0.4) is 0 Å². The van der Waals surface area contributed by atoms with Crippen LogP contribution < -0.4 is 0 Å². The number of carbonyl (C=O) groups is 1. The third-order valence-corrected chi connectivity index (χ3v) is 11.1. The van der Waals surface area contributed by atoms with Crippen molar-refractivity contribution >= 4 is 37.8 Å². The zero-order valence-electron chi connectivity index (χ0n) is 20.6. The number of alkyl halides is 2. The molecule has 1 fully saturated rings. The second-order valence-electron chi connectivity index (χ2n) is 11.2. The van der Waals surface area contributed by atoms with E-state index in [4.69, 9.17) is 4.74 Å². The van der Waals surface area contributed by atoms with Crippen LogP contribution in [0.5, 0.6) is 5.75 Å². The number of aliphatic hydroxyl groups is 2. The summed E-state index contributed by atoms with van der Waals surface area (Å²) in [6.07, 6.45) is 3.73. The van der Waals surface area contributed by atoms with Gasteiger partial charge in [0.15, 0.2) is 0 Å². The second kappa shape index (κ2) is 10.2. The Morgan fingerprint density at radius 2 is 1.74 bits per heavy atom. The molecule has 1 unspecified atom stereocenters. The van der Waals surface area contributed by atoms with Crippen molar-refractivity contribution in [3.05, 3.63) is 41.5 Å². The van der Waals surface area contributed by atoms with Crippen LogP contribution in [0.15, 0.2) is 30.4 Å². The molecule has 0 spiro atoms. The first-order valence-corrected chi connectivity index (χ1v) is 13.9. The summed E-state index contributed by atoms with van der Waals surface area (Å²) in [6, 6.07) is 4.80. The fourth-order valence-electron chi connectivity index (χ4n) is 5.35. The van der Waals surface area contributed by atoms with Gasteiger partial charge in [-0.2, -0.15) is 0 Å². The number of hydrogen-bond acceptors (Lipinski definition) is 5. The number of benzene rings is 1. The van der Waals surface area contributed by atoms with Crippen molar-refractivity contribution in [2.45, 2.75) is 99.6 Å². The number of esters is 1. The molecule has 0 radical (unpaired) electrons. The molecule has 0 amide bonds. The van der Waals surface area contributed by atoms with Crippen molar-refractivity contribution in [1.82, 2.24) is 0 Å². The van der Waals surface area contributed by atoms with E-state index in [2.05, 4.69) is 45.4 Å². The zero-order chi connectivity index (χ0) is 25.5. The Morgan fingerprint density at radius 1 is 1.06 bits per heavy atom. The summed E-state index contributed by atoms with van der Waals surface area (Å²) in [6.45, 7) is 11.8. The van der Waals surface area contributed by atoms with Gasteiger partial charge in [-0.05, 0) is 101 Å². The van der Waals surface area contributed by atoms with Crippen molar-refractivity contribution in [2.24, 2.45) is 11.3 Å². The first-order chi connectivity index (χ1) is 15.7. The number of halogens is 2. The van der Waals surface area contributed by atoms with Gasteiger partial charge in [0, 0.05) is 9.65 Å². The highest BCUT2D eigenvalue weighted by Crippen LogP contribution is 2.52. The van der Waals surface area contributed by atoms with Gasteiger partial charge in [-0.3, -0.25) is 0 Å². The number of aromatic hydroxyl groups is 1. The smallest absolute Gasteiger partial charge is 0.338 e. The number of carbonyl (C=O) groups excluding carboxylic acids is 1. The molecule has 6 atom stereocenters. The van der Waals surface area contributed by atoms with Crippen LogP contribution in [0, 0.1) is 11.3 Å². The molecule has 190 valence electrons. The number of fused-ring (bicyclic) bond motifs is 3. The van der Waals surface area contributed by atoms with E-state index < -0.39 is 23.3 Å². The molecule has 3 N–H and O–H groups in total. The Balaban J connectivity index is 2.05. The Bertz CT molecular complexity index is 928. The molecule has 2 bridgehead atoms. The van der Waals surface area contributed by atoms with E-state index in [0.29, 0.717) is 24.0 Å². The monoisotopic (exact) mass is 600 g/mol. The summed E-state index contributed by atoms with van der Waals surface area (Å²) in [7, 11) is 0. The summed E-state index contributed by atoms with van der Waals surface area (Å²) in [5.74, 6) is -0.310.